The van der Waals surface area contributed by atoms with Crippen LogP contribution >= 0.6 is 11.6 Å². The summed E-state index contributed by atoms with van der Waals surface area (Å²) in [6.45, 7) is 4.42. The molecule has 1 aliphatic heterocycles. The first-order valence-electron chi connectivity index (χ1n) is 11.6. The quantitative estimate of drug-likeness (QED) is 0.436. The Kier molecular flexibility index (Phi) is 7.60. The lowest BCUT2D eigenvalue weighted by Gasteiger charge is -2.29. The minimum Gasteiger partial charge on any atom is -0.478 e. The van der Waals surface area contributed by atoms with Crippen LogP contribution in [0.15, 0.2) is 29.2 Å². The fourth-order valence-electron chi connectivity index (χ4n) is 4.07. The summed E-state index contributed by atoms with van der Waals surface area (Å²) < 4.78 is 22.6. The molecule has 192 valence electrons. The molecule has 12 heteroatoms. The van der Waals surface area contributed by atoms with Crippen LogP contribution in [-0.4, -0.2) is 58.4 Å². The van der Waals surface area contributed by atoms with Gasteiger partial charge < -0.3 is 29.9 Å². The van der Waals surface area contributed by atoms with Crippen LogP contribution < -0.4 is 25.8 Å². The number of aliphatic hydroxyl groups is 1. The van der Waals surface area contributed by atoms with E-state index < -0.39 is 17.3 Å². The van der Waals surface area contributed by atoms with Crippen molar-refractivity contribution >= 4 is 45.9 Å². The Balaban J connectivity index is 1.72. The molecule has 0 atom stereocenters. The number of benzene rings is 1. The Morgan fingerprint density at radius 2 is 2.06 bits per heavy atom. The molecule has 3 N–H and O–H groups in total. The smallest absolute Gasteiger partial charge is 0.293 e. The molecule has 3 aromatic rings. The maximum Gasteiger partial charge on any atom is 0.293 e. The van der Waals surface area contributed by atoms with Crippen molar-refractivity contribution < 1.29 is 19.0 Å². The van der Waals surface area contributed by atoms with Crippen molar-refractivity contribution in [2.45, 2.75) is 38.8 Å². The number of amides is 1. The van der Waals surface area contributed by atoms with E-state index in [1.165, 1.54) is 29.9 Å². The summed E-state index contributed by atoms with van der Waals surface area (Å²) in [7, 11) is 1.45. The number of fused-ring (bicyclic) bond motifs is 1. The molecule has 1 amide bonds. The SMILES string of the molecule is CNC(=O)COc1cc2c(F)c(Nc3nc(N4CCC(O)CC4)ncc3Cl)ccc2n(C(C)C)c1=O. The van der Waals surface area contributed by atoms with Gasteiger partial charge in [-0.25, -0.2) is 9.37 Å². The van der Waals surface area contributed by atoms with Crippen LogP contribution in [0.4, 0.5) is 21.8 Å². The molecule has 1 aromatic carbocycles. The second kappa shape index (κ2) is 10.7. The van der Waals surface area contributed by atoms with E-state index in [0.29, 0.717) is 37.4 Å². The molecule has 10 nitrogen and oxygen atoms in total. The number of anilines is 3. The monoisotopic (exact) mass is 518 g/mol. The second-order valence-electron chi connectivity index (χ2n) is 8.81. The molecule has 3 heterocycles. The molecule has 0 saturated carbocycles. The number of ether oxygens (including phenoxy) is 1. The predicted molar refractivity (Wildman–Crippen MR) is 136 cm³/mol. The van der Waals surface area contributed by atoms with Gasteiger partial charge in [0.15, 0.2) is 24.0 Å². The van der Waals surface area contributed by atoms with Crippen LogP contribution in [0.1, 0.15) is 32.7 Å². The normalized spacial score (nSPS) is 14.4. The molecule has 1 aliphatic rings. The van der Waals surface area contributed by atoms with Crippen molar-refractivity contribution in [3.63, 3.8) is 0 Å². The summed E-state index contributed by atoms with van der Waals surface area (Å²) in [5.41, 5.74) is 0.0117. The second-order valence-corrected chi connectivity index (χ2v) is 9.22. The molecule has 4 rings (SSSR count). The Morgan fingerprint density at radius 3 is 2.72 bits per heavy atom. The van der Waals surface area contributed by atoms with Crippen molar-refractivity contribution in [2.24, 2.45) is 0 Å². The van der Waals surface area contributed by atoms with Crippen LogP contribution in [0, 0.1) is 5.82 Å². The van der Waals surface area contributed by atoms with Gasteiger partial charge in [-0.3, -0.25) is 9.59 Å². The number of hydrogen-bond donors (Lipinski definition) is 3. The van der Waals surface area contributed by atoms with Gasteiger partial charge in [0.1, 0.15) is 5.02 Å². The summed E-state index contributed by atoms with van der Waals surface area (Å²) >= 11 is 6.30. The van der Waals surface area contributed by atoms with E-state index in [-0.39, 0.29) is 46.4 Å². The maximum absolute atomic E-state index is 15.8. The fraction of sp³-hybridized carbons (Fsp3) is 0.417. The van der Waals surface area contributed by atoms with Crippen molar-refractivity contribution in [1.82, 2.24) is 19.9 Å². The Morgan fingerprint density at radius 1 is 1.33 bits per heavy atom. The number of halogens is 2. The van der Waals surface area contributed by atoms with E-state index in [9.17, 15) is 14.7 Å². The van der Waals surface area contributed by atoms with E-state index in [1.807, 2.05) is 4.90 Å². The van der Waals surface area contributed by atoms with E-state index in [2.05, 4.69) is 20.6 Å². The Hall–Kier alpha value is -3.44. The number of rotatable bonds is 7. The number of hydrogen-bond acceptors (Lipinski definition) is 8. The first kappa shape index (κ1) is 25.6. The zero-order chi connectivity index (χ0) is 26.0. The first-order valence-corrected chi connectivity index (χ1v) is 12.0. The number of nitrogens with one attached hydrogen (secondary N) is 2. The number of carbonyl (C=O) groups is 1. The van der Waals surface area contributed by atoms with Crippen molar-refractivity contribution in [2.75, 3.05) is 37.0 Å². The minimum atomic E-state index is -0.635. The zero-order valence-corrected chi connectivity index (χ0v) is 21.0. The number of pyridine rings is 1. The molecule has 1 fully saturated rings. The number of nitrogens with zero attached hydrogens (tertiary/aromatic N) is 4. The molecule has 36 heavy (non-hydrogen) atoms. The molecule has 1 saturated heterocycles. The predicted octanol–water partition coefficient (Wildman–Crippen LogP) is 2.99. The van der Waals surface area contributed by atoms with Crippen molar-refractivity contribution in [1.29, 1.82) is 0 Å². The first-order chi connectivity index (χ1) is 17.2. The molecular formula is C24H28ClFN6O4. The third-order valence-corrected chi connectivity index (χ3v) is 6.28. The summed E-state index contributed by atoms with van der Waals surface area (Å²) in [6, 6.07) is 4.15. The number of likely N-dealkylation sites (N-methyl/N-ethyl adjacent to an activating group) is 1. The van der Waals surface area contributed by atoms with Crippen LogP contribution in [0.2, 0.25) is 5.02 Å². The minimum absolute atomic E-state index is 0.0920. The molecule has 0 radical (unpaired) electrons. The average Bonchev–Trinajstić information content (AvgIpc) is 2.86. The van der Waals surface area contributed by atoms with E-state index in [4.69, 9.17) is 16.3 Å². The highest BCUT2D eigenvalue weighted by molar-refractivity contribution is 6.32. The van der Waals surface area contributed by atoms with Crippen LogP contribution in [0.25, 0.3) is 10.9 Å². The zero-order valence-electron chi connectivity index (χ0n) is 20.2. The molecule has 0 aliphatic carbocycles. The highest BCUT2D eigenvalue weighted by atomic mass is 35.5. The number of aliphatic hydroxyl groups excluding tert-OH is 1. The Labute approximate surface area is 212 Å². The standard InChI is InChI=1S/C24H28ClFN6O4/c1-13(2)32-18-5-4-17(21(26)15(18)10-19(23(32)35)36-12-20(34)27-3)29-22-16(25)11-28-24(30-22)31-8-6-14(33)7-9-31/h4-5,10-11,13-14,33H,6-9,12H2,1-3H3,(H,27,34)(H,28,29,30). The summed E-state index contributed by atoms with van der Waals surface area (Å²) in [4.78, 5) is 35.3. The topological polar surface area (TPSA) is 122 Å². The number of carbonyl (C=O) groups excluding carboxylic acids is 1. The van der Waals surface area contributed by atoms with Crippen LogP contribution in [0.3, 0.4) is 0 Å². The van der Waals surface area contributed by atoms with Gasteiger partial charge in [-0.05, 0) is 44.9 Å². The van der Waals surface area contributed by atoms with Gasteiger partial charge in [-0.1, -0.05) is 11.6 Å². The molecular weight excluding hydrogens is 491 g/mol. The summed E-state index contributed by atoms with van der Waals surface area (Å²) in [6.07, 6.45) is 2.31. The highest BCUT2D eigenvalue weighted by Crippen LogP contribution is 2.32. The highest BCUT2D eigenvalue weighted by Gasteiger charge is 2.22. The van der Waals surface area contributed by atoms with E-state index in [0.717, 1.165) is 0 Å². The third kappa shape index (κ3) is 5.21. The van der Waals surface area contributed by atoms with Gasteiger partial charge >= 0.3 is 0 Å². The fourth-order valence-corrected chi connectivity index (χ4v) is 4.21. The van der Waals surface area contributed by atoms with E-state index in [1.54, 1.807) is 19.9 Å². The molecule has 2 aromatic heterocycles. The van der Waals surface area contributed by atoms with Crippen LogP contribution in [0.5, 0.6) is 5.75 Å². The summed E-state index contributed by atoms with van der Waals surface area (Å²) in [5, 5.41) is 15.4. The van der Waals surface area contributed by atoms with Gasteiger partial charge in [-0.15, -0.1) is 0 Å². The maximum atomic E-state index is 15.8. The van der Waals surface area contributed by atoms with Crippen LogP contribution in [-0.2, 0) is 4.79 Å². The van der Waals surface area contributed by atoms with Gasteiger partial charge in [0.2, 0.25) is 5.95 Å². The van der Waals surface area contributed by atoms with E-state index >= 15 is 4.39 Å². The summed E-state index contributed by atoms with van der Waals surface area (Å²) in [5.74, 6) is -0.541. The molecule has 0 unspecified atom stereocenters. The van der Waals surface area contributed by atoms with Gasteiger partial charge in [0.25, 0.3) is 11.5 Å². The van der Waals surface area contributed by atoms with Gasteiger partial charge in [0.05, 0.1) is 23.5 Å². The third-order valence-electron chi connectivity index (χ3n) is 6.01. The number of piperidine rings is 1. The number of aromatic nitrogens is 3. The average molecular weight is 519 g/mol. The largest absolute Gasteiger partial charge is 0.478 e. The Bertz CT molecular complexity index is 1340. The molecule has 0 spiro atoms. The lowest BCUT2D eigenvalue weighted by molar-refractivity contribution is -0.122. The lowest BCUT2D eigenvalue weighted by atomic mass is 10.1. The van der Waals surface area contributed by atoms with Gasteiger partial charge in [0, 0.05) is 31.6 Å². The van der Waals surface area contributed by atoms with Crippen molar-refractivity contribution in [3.05, 3.63) is 45.6 Å². The van der Waals surface area contributed by atoms with Gasteiger partial charge in [-0.2, -0.15) is 4.98 Å². The molecule has 0 bridgehead atoms. The lowest BCUT2D eigenvalue weighted by Crippen LogP contribution is -2.36. The van der Waals surface area contributed by atoms with Crippen molar-refractivity contribution in [3.8, 4) is 5.75 Å².